The molecule has 0 fully saturated rings. The summed E-state index contributed by atoms with van der Waals surface area (Å²) >= 11 is 0. The Morgan fingerprint density at radius 2 is 1.58 bits per heavy atom. The topological polar surface area (TPSA) is 49.3 Å². The van der Waals surface area contributed by atoms with E-state index in [4.69, 9.17) is 5.11 Å². The fourth-order valence-electron chi connectivity index (χ4n) is 2.02. The summed E-state index contributed by atoms with van der Waals surface area (Å²) in [6, 6.07) is 15.2. The second kappa shape index (κ2) is 6.16. The average molecular weight is 255 g/mol. The molecule has 0 amide bonds. The maximum atomic E-state index is 11.1. The van der Waals surface area contributed by atoms with Crippen molar-refractivity contribution in [2.75, 3.05) is 0 Å². The van der Waals surface area contributed by atoms with Crippen LogP contribution in [0.3, 0.4) is 0 Å². The van der Waals surface area contributed by atoms with E-state index in [0.29, 0.717) is 12.1 Å². The van der Waals surface area contributed by atoms with Gasteiger partial charge in [0.1, 0.15) is 0 Å². The van der Waals surface area contributed by atoms with Gasteiger partial charge < -0.3 is 10.4 Å². The number of rotatable bonds is 5. The Labute approximate surface area is 112 Å². The van der Waals surface area contributed by atoms with Gasteiger partial charge in [-0.15, -0.1) is 0 Å². The van der Waals surface area contributed by atoms with E-state index in [-0.39, 0.29) is 0 Å². The lowest BCUT2D eigenvalue weighted by atomic mass is 10.1. The van der Waals surface area contributed by atoms with Crippen LogP contribution in [0.2, 0.25) is 0 Å². The van der Waals surface area contributed by atoms with Gasteiger partial charge in [0.15, 0.2) is 0 Å². The number of hydrogen-bond donors (Lipinski definition) is 2. The molecule has 0 aromatic heterocycles. The molecular weight excluding hydrogens is 238 g/mol. The summed E-state index contributed by atoms with van der Waals surface area (Å²) in [5.74, 6) is -0.881. The van der Waals surface area contributed by atoms with Gasteiger partial charge in [-0.05, 0) is 29.7 Å². The predicted octanol–water partition coefficient (Wildman–Crippen LogP) is 2.98. The summed E-state index contributed by atoms with van der Waals surface area (Å²) in [5, 5.41) is 12.4. The highest BCUT2D eigenvalue weighted by atomic mass is 16.4. The molecule has 2 aromatic rings. The van der Waals surface area contributed by atoms with Crippen molar-refractivity contribution in [3.05, 3.63) is 70.8 Å². The molecule has 3 nitrogen and oxygen atoms in total. The van der Waals surface area contributed by atoms with Crippen molar-refractivity contribution >= 4 is 5.97 Å². The third kappa shape index (κ3) is 3.42. The van der Waals surface area contributed by atoms with Crippen LogP contribution in [-0.2, 0) is 13.1 Å². The lowest BCUT2D eigenvalue weighted by Gasteiger charge is -2.09. The zero-order chi connectivity index (χ0) is 13.7. The molecule has 2 N–H and O–H groups in total. The van der Waals surface area contributed by atoms with Crippen LogP contribution in [0.1, 0.15) is 27.0 Å². The first kappa shape index (κ1) is 13.3. The first-order valence-electron chi connectivity index (χ1n) is 6.25. The van der Waals surface area contributed by atoms with Gasteiger partial charge in [-0.3, -0.25) is 0 Å². The third-order valence-electron chi connectivity index (χ3n) is 3.14. The van der Waals surface area contributed by atoms with Gasteiger partial charge in [-0.1, -0.05) is 42.5 Å². The first-order chi connectivity index (χ1) is 9.18. The molecule has 0 radical (unpaired) electrons. The van der Waals surface area contributed by atoms with Crippen molar-refractivity contribution in [1.82, 2.24) is 5.32 Å². The second-order valence-electron chi connectivity index (χ2n) is 4.49. The van der Waals surface area contributed by atoms with Crippen molar-refractivity contribution in [3.63, 3.8) is 0 Å². The van der Waals surface area contributed by atoms with Crippen LogP contribution >= 0.6 is 0 Å². The molecule has 0 aliphatic rings. The van der Waals surface area contributed by atoms with Crippen molar-refractivity contribution in [2.24, 2.45) is 0 Å². The van der Waals surface area contributed by atoms with Crippen LogP contribution in [-0.4, -0.2) is 11.1 Å². The van der Waals surface area contributed by atoms with Gasteiger partial charge in [0.25, 0.3) is 0 Å². The molecule has 2 rings (SSSR count). The molecule has 3 heteroatoms. The molecule has 0 aliphatic carbocycles. The van der Waals surface area contributed by atoms with Gasteiger partial charge in [0, 0.05) is 13.1 Å². The molecule has 0 saturated heterocycles. The fourth-order valence-corrected chi connectivity index (χ4v) is 2.02. The summed E-state index contributed by atoms with van der Waals surface area (Å²) in [6.45, 7) is 3.36. The smallest absolute Gasteiger partial charge is 0.336 e. The van der Waals surface area contributed by atoms with E-state index in [1.807, 2.05) is 24.3 Å². The van der Waals surface area contributed by atoms with Crippen molar-refractivity contribution in [3.8, 4) is 0 Å². The number of carbonyl (C=O) groups is 1. The minimum Gasteiger partial charge on any atom is -0.478 e. The SMILES string of the molecule is Cc1ccccc1CNCc1ccccc1C(=O)O. The Balaban J connectivity index is 2.00. The molecular formula is C16H17NO2. The molecule has 0 atom stereocenters. The summed E-state index contributed by atoms with van der Waals surface area (Å²) in [5.41, 5.74) is 3.64. The number of benzene rings is 2. The Morgan fingerprint density at radius 1 is 1.00 bits per heavy atom. The van der Waals surface area contributed by atoms with Gasteiger partial charge in [-0.25, -0.2) is 4.79 Å². The Hall–Kier alpha value is -2.13. The van der Waals surface area contributed by atoms with E-state index in [1.165, 1.54) is 11.1 Å². The van der Waals surface area contributed by atoms with E-state index in [1.54, 1.807) is 12.1 Å². The maximum Gasteiger partial charge on any atom is 0.336 e. The number of aryl methyl sites for hydroxylation is 1. The van der Waals surface area contributed by atoms with Gasteiger partial charge in [0.05, 0.1) is 5.56 Å². The average Bonchev–Trinajstić information content (AvgIpc) is 2.41. The van der Waals surface area contributed by atoms with Gasteiger partial charge in [-0.2, -0.15) is 0 Å². The molecule has 0 saturated carbocycles. The standard InChI is InChI=1S/C16H17NO2/c1-12-6-2-3-7-13(12)10-17-11-14-8-4-5-9-15(14)16(18)19/h2-9,17H,10-11H2,1H3,(H,18,19). The molecule has 98 valence electrons. The summed E-state index contributed by atoms with van der Waals surface area (Å²) in [6.07, 6.45) is 0. The Morgan fingerprint density at radius 3 is 2.26 bits per heavy atom. The minimum absolute atomic E-state index is 0.361. The largest absolute Gasteiger partial charge is 0.478 e. The first-order valence-corrected chi connectivity index (χ1v) is 6.25. The quantitative estimate of drug-likeness (QED) is 0.863. The molecule has 0 heterocycles. The predicted molar refractivity (Wildman–Crippen MR) is 75.1 cm³/mol. The monoisotopic (exact) mass is 255 g/mol. The highest BCUT2D eigenvalue weighted by molar-refractivity contribution is 5.89. The molecule has 0 aliphatic heterocycles. The second-order valence-corrected chi connectivity index (χ2v) is 4.49. The van der Waals surface area contributed by atoms with Crippen molar-refractivity contribution in [2.45, 2.75) is 20.0 Å². The Bertz CT molecular complexity index is 578. The van der Waals surface area contributed by atoms with E-state index < -0.39 is 5.97 Å². The molecule has 0 spiro atoms. The number of carboxylic acid groups (broad SMARTS) is 1. The lowest BCUT2D eigenvalue weighted by molar-refractivity contribution is 0.0695. The molecule has 0 bridgehead atoms. The normalized spacial score (nSPS) is 10.4. The van der Waals surface area contributed by atoms with Gasteiger partial charge >= 0.3 is 5.97 Å². The lowest BCUT2D eigenvalue weighted by Crippen LogP contribution is -2.16. The van der Waals surface area contributed by atoms with Crippen LogP contribution in [0.5, 0.6) is 0 Å². The van der Waals surface area contributed by atoms with Crippen LogP contribution in [0.25, 0.3) is 0 Å². The zero-order valence-electron chi connectivity index (χ0n) is 10.9. The van der Waals surface area contributed by atoms with E-state index in [9.17, 15) is 4.79 Å². The molecule has 2 aromatic carbocycles. The van der Waals surface area contributed by atoms with E-state index >= 15 is 0 Å². The number of aromatic carboxylic acids is 1. The van der Waals surface area contributed by atoms with Crippen LogP contribution in [0.15, 0.2) is 48.5 Å². The van der Waals surface area contributed by atoms with Gasteiger partial charge in [0.2, 0.25) is 0 Å². The minimum atomic E-state index is -0.881. The zero-order valence-corrected chi connectivity index (χ0v) is 10.9. The number of carboxylic acids is 1. The van der Waals surface area contributed by atoms with E-state index in [0.717, 1.165) is 12.1 Å². The Kier molecular flexibility index (Phi) is 4.31. The number of nitrogens with one attached hydrogen (secondary N) is 1. The van der Waals surface area contributed by atoms with Crippen molar-refractivity contribution in [1.29, 1.82) is 0 Å². The van der Waals surface area contributed by atoms with Crippen LogP contribution in [0, 0.1) is 6.92 Å². The molecule has 0 unspecified atom stereocenters. The highest BCUT2D eigenvalue weighted by Gasteiger charge is 2.08. The van der Waals surface area contributed by atoms with Crippen LogP contribution in [0.4, 0.5) is 0 Å². The third-order valence-corrected chi connectivity index (χ3v) is 3.14. The van der Waals surface area contributed by atoms with Crippen molar-refractivity contribution < 1.29 is 9.90 Å². The number of hydrogen-bond acceptors (Lipinski definition) is 2. The van der Waals surface area contributed by atoms with E-state index in [2.05, 4.69) is 24.4 Å². The maximum absolute atomic E-state index is 11.1. The summed E-state index contributed by atoms with van der Waals surface area (Å²) in [4.78, 5) is 11.1. The molecule has 19 heavy (non-hydrogen) atoms. The fraction of sp³-hybridized carbons (Fsp3) is 0.188. The summed E-state index contributed by atoms with van der Waals surface area (Å²) < 4.78 is 0. The van der Waals surface area contributed by atoms with Crippen LogP contribution < -0.4 is 5.32 Å². The summed E-state index contributed by atoms with van der Waals surface area (Å²) in [7, 11) is 0. The highest BCUT2D eigenvalue weighted by Crippen LogP contribution is 2.10.